The number of rotatable bonds is 7. The Kier molecular flexibility index (Phi) is 6.88. The van der Waals surface area contributed by atoms with E-state index in [-0.39, 0.29) is 16.5 Å². The fourth-order valence-corrected chi connectivity index (χ4v) is 7.50. The number of nitrogens with one attached hydrogen (secondary N) is 1. The first-order valence-corrected chi connectivity index (χ1v) is 14.5. The van der Waals surface area contributed by atoms with Gasteiger partial charge < -0.3 is 14.9 Å². The number of carbonyl (C=O) groups excluding carboxylic acids is 1. The highest BCUT2D eigenvalue weighted by molar-refractivity contribution is 7.91. The molecule has 2 heterocycles. The minimum atomic E-state index is -4.10. The van der Waals surface area contributed by atoms with Crippen molar-refractivity contribution in [2.24, 2.45) is 0 Å². The smallest absolute Gasteiger partial charge is 0.325 e. The van der Waals surface area contributed by atoms with Crippen LogP contribution < -0.4 is 4.72 Å². The molecule has 1 aliphatic carbocycles. The van der Waals surface area contributed by atoms with Crippen LogP contribution in [0.2, 0.25) is 5.02 Å². The van der Waals surface area contributed by atoms with Crippen molar-refractivity contribution in [1.82, 2.24) is 14.5 Å². The van der Waals surface area contributed by atoms with Crippen molar-refractivity contribution in [3.8, 4) is 10.4 Å². The molecule has 2 N–H and O–H groups in total. The molecule has 3 aromatic rings. The molecule has 37 heavy (non-hydrogen) atoms. The number of carboxylic acids is 1. The number of carbonyl (C=O) groups is 2. The monoisotopic (exact) mass is 559 g/mol. The lowest BCUT2D eigenvalue weighted by Gasteiger charge is -2.32. The Morgan fingerprint density at radius 3 is 2.43 bits per heavy atom. The summed E-state index contributed by atoms with van der Waals surface area (Å²) >= 11 is 7.00. The fraction of sp³-hybridized carbons (Fsp3) is 0.308. The molecule has 0 radical (unpaired) electrons. The van der Waals surface area contributed by atoms with E-state index in [2.05, 4.69) is 9.62 Å². The van der Waals surface area contributed by atoms with E-state index in [4.69, 9.17) is 11.6 Å². The Labute approximate surface area is 224 Å². The number of aliphatic carboxylic acids is 1. The van der Waals surface area contributed by atoms with Gasteiger partial charge in [0.1, 0.15) is 9.75 Å². The summed E-state index contributed by atoms with van der Waals surface area (Å²) in [7, 11) is -2.09. The fourth-order valence-electron chi connectivity index (χ4n) is 4.66. The summed E-state index contributed by atoms with van der Waals surface area (Å²) in [4.78, 5) is 30.0. The van der Waals surface area contributed by atoms with Crippen LogP contribution in [0.3, 0.4) is 0 Å². The zero-order chi connectivity index (χ0) is 26.4. The first-order chi connectivity index (χ1) is 17.6. The number of piperazine rings is 1. The molecular weight excluding hydrogens is 534 g/mol. The molecule has 2 aliphatic rings. The number of sulfonamides is 1. The summed E-state index contributed by atoms with van der Waals surface area (Å²) in [6.45, 7) is 2.84. The van der Waals surface area contributed by atoms with Gasteiger partial charge in [-0.25, -0.2) is 8.42 Å². The zero-order valence-corrected chi connectivity index (χ0v) is 22.4. The van der Waals surface area contributed by atoms with Gasteiger partial charge in [0.2, 0.25) is 0 Å². The molecule has 2 aromatic carbocycles. The van der Waals surface area contributed by atoms with Gasteiger partial charge in [0, 0.05) is 47.6 Å². The van der Waals surface area contributed by atoms with Gasteiger partial charge in [-0.2, -0.15) is 4.72 Å². The average Bonchev–Trinajstić information content (AvgIpc) is 3.37. The van der Waals surface area contributed by atoms with Crippen LogP contribution in [0.15, 0.2) is 64.9 Å². The van der Waals surface area contributed by atoms with E-state index < -0.39 is 27.4 Å². The van der Waals surface area contributed by atoms with E-state index in [0.717, 1.165) is 34.9 Å². The van der Waals surface area contributed by atoms with Gasteiger partial charge in [0.25, 0.3) is 15.9 Å². The highest BCUT2D eigenvalue weighted by Gasteiger charge is 2.63. The minimum absolute atomic E-state index is 0.0303. The maximum absolute atomic E-state index is 13.2. The second-order valence-electron chi connectivity index (χ2n) is 9.49. The van der Waals surface area contributed by atoms with Crippen molar-refractivity contribution in [2.45, 2.75) is 22.1 Å². The van der Waals surface area contributed by atoms with E-state index in [1.54, 1.807) is 59.5 Å². The van der Waals surface area contributed by atoms with E-state index >= 15 is 0 Å². The largest absolute Gasteiger partial charge is 0.480 e. The third kappa shape index (κ3) is 5.17. The average molecular weight is 560 g/mol. The van der Waals surface area contributed by atoms with Gasteiger partial charge >= 0.3 is 5.97 Å². The molecule has 5 rings (SSSR count). The Morgan fingerprint density at radius 2 is 1.76 bits per heavy atom. The third-order valence-electron chi connectivity index (χ3n) is 6.96. The second kappa shape index (κ2) is 9.85. The SMILES string of the molecule is CN1CCN(C(=O)c2cccc(C3CC3(NS(=O)(=O)c3ccc(-c4ccc(Cl)cc4)s3)C(=O)O)c2)CC1. The van der Waals surface area contributed by atoms with Crippen LogP contribution in [0.1, 0.15) is 28.3 Å². The van der Waals surface area contributed by atoms with E-state index in [1.165, 1.54) is 6.07 Å². The Morgan fingerprint density at radius 1 is 1.05 bits per heavy atom. The number of thiophene rings is 1. The van der Waals surface area contributed by atoms with Crippen LogP contribution in [-0.4, -0.2) is 74.0 Å². The number of hydrogen-bond acceptors (Lipinski definition) is 6. The first kappa shape index (κ1) is 25.9. The lowest BCUT2D eigenvalue weighted by Crippen LogP contribution is -2.47. The van der Waals surface area contributed by atoms with Crippen LogP contribution >= 0.6 is 22.9 Å². The lowest BCUT2D eigenvalue weighted by molar-refractivity contribution is -0.140. The Hall–Kier alpha value is -2.76. The molecule has 2 fully saturated rings. The molecule has 2 atom stereocenters. The number of carboxylic acid groups (broad SMARTS) is 1. The maximum Gasteiger partial charge on any atom is 0.325 e. The van der Waals surface area contributed by atoms with Crippen LogP contribution in [0.25, 0.3) is 10.4 Å². The van der Waals surface area contributed by atoms with Crippen molar-refractivity contribution in [3.63, 3.8) is 0 Å². The number of likely N-dealkylation sites (N-methyl/N-ethyl adjacent to an activating group) is 1. The van der Waals surface area contributed by atoms with Crippen LogP contribution in [0.4, 0.5) is 0 Å². The van der Waals surface area contributed by atoms with Gasteiger partial charge in [-0.15, -0.1) is 11.3 Å². The van der Waals surface area contributed by atoms with Gasteiger partial charge in [0.05, 0.1) is 0 Å². The topological polar surface area (TPSA) is 107 Å². The van der Waals surface area contributed by atoms with Crippen LogP contribution in [0, 0.1) is 0 Å². The summed E-state index contributed by atoms with van der Waals surface area (Å²) in [5, 5.41) is 10.6. The molecule has 1 aromatic heterocycles. The van der Waals surface area contributed by atoms with E-state index in [9.17, 15) is 23.1 Å². The number of hydrogen-bond donors (Lipinski definition) is 2. The molecule has 2 unspecified atom stereocenters. The number of benzene rings is 2. The Balaban J connectivity index is 1.35. The van der Waals surface area contributed by atoms with Gasteiger partial charge in [-0.05, 0) is 61.0 Å². The summed E-state index contributed by atoms with van der Waals surface area (Å²) in [6, 6.07) is 17.1. The highest BCUT2D eigenvalue weighted by Crippen LogP contribution is 2.53. The zero-order valence-electron chi connectivity index (χ0n) is 20.1. The van der Waals surface area contributed by atoms with E-state index in [1.807, 2.05) is 7.05 Å². The van der Waals surface area contributed by atoms with Crippen molar-refractivity contribution in [1.29, 1.82) is 0 Å². The summed E-state index contributed by atoms with van der Waals surface area (Å²) < 4.78 is 28.9. The lowest BCUT2D eigenvalue weighted by atomic mass is 10.0. The number of halogens is 1. The molecule has 1 saturated heterocycles. The van der Waals surface area contributed by atoms with Crippen LogP contribution in [0.5, 0.6) is 0 Å². The Bertz CT molecular complexity index is 1450. The molecule has 11 heteroatoms. The van der Waals surface area contributed by atoms with Gasteiger partial charge in [-0.1, -0.05) is 35.9 Å². The molecule has 0 spiro atoms. The standard InChI is InChI=1S/C26H26ClN3O5S2/c1-29-11-13-30(14-12-29)24(31)19-4-2-3-18(15-19)21-16-26(21,25(32)33)28-37(34,35)23-10-9-22(36-23)17-5-7-20(27)8-6-17/h2-10,15,21,28H,11-14,16H2,1H3,(H,32,33). The summed E-state index contributed by atoms with van der Waals surface area (Å²) in [5.41, 5.74) is 0.244. The number of nitrogens with zero attached hydrogens (tertiary/aromatic N) is 2. The first-order valence-electron chi connectivity index (χ1n) is 11.8. The molecule has 194 valence electrons. The third-order valence-corrected chi connectivity index (χ3v) is 10.3. The molecule has 1 saturated carbocycles. The van der Waals surface area contributed by atoms with Crippen molar-refractivity contribution in [3.05, 3.63) is 76.8 Å². The van der Waals surface area contributed by atoms with Crippen molar-refractivity contribution < 1.29 is 23.1 Å². The summed E-state index contributed by atoms with van der Waals surface area (Å²) in [5.74, 6) is -1.94. The number of amides is 1. The van der Waals surface area contributed by atoms with E-state index in [0.29, 0.717) is 29.2 Å². The van der Waals surface area contributed by atoms with Gasteiger partial charge in [0.15, 0.2) is 0 Å². The van der Waals surface area contributed by atoms with Crippen molar-refractivity contribution in [2.75, 3.05) is 33.2 Å². The predicted octanol–water partition coefficient (Wildman–Crippen LogP) is 3.75. The second-order valence-corrected chi connectivity index (χ2v) is 12.9. The molecule has 0 bridgehead atoms. The molecule has 8 nitrogen and oxygen atoms in total. The predicted molar refractivity (Wildman–Crippen MR) is 143 cm³/mol. The quantitative estimate of drug-likeness (QED) is 0.457. The van der Waals surface area contributed by atoms with Gasteiger partial charge in [-0.3, -0.25) is 9.59 Å². The summed E-state index contributed by atoms with van der Waals surface area (Å²) in [6.07, 6.45) is 0.100. The maximum atomic E-state index is 13.2. The van der Waals surface area contributed by atoms with Crippen molar-refractivity contribution >= 4 is 44.8 Å². The molecule has 1 aliphatic heterocycles. The normalized spacial score (nSPS) is 22.1. The molecular formula is C26H26ClN3O5S2. The van der Waals surface area contributed by atoms with Crippen LogP contribution in [-0.2, 0) is 14.8 Å². The minimum Gasteiger partial charge on any atom is -0.480 e. The molecule has 1 amide bonds. The highest BCUT2D eigenvalue weighted by atomic mass is 35.5.